The van der Waals surface area contributed by atoms with Crippen molar-refractivity contribution in [2.45, 2.75) is 70.4 Å². The second-order valence-electron chi connectivity index (χ2n) is 7.79. The molecule has 1 aromatic rings. The summed E-state index contributed by atoms with van der Waals surface area (Å²) in [7, 11) is 0. The van der Waals surface area contributed by atoms with Crippen LogP contribution in [0, 0.1) is 17.2 Å². The van der Waals surface area contributed by atoms with Gasteiger partial charge >= 0.3 is 0 Å². The number of fused-ring (bicyclic) bond motifs is 2. The Balaban J connectivity index is 1.78. The quantitative estimate of drug-likeness (QED) is 0.789. The molecular formula is C19H26N2. The molecule has 0 aromatic heterocycles. The third kappa shape index (κ3) is 2.79. The molecule has 0 radical (unpaired) electrons. The fraction of sp³-hybridized carbons (Fsp3) is 0.632. The Morgan fingerprint density at radius 1 is 1.10 bits per heavy atom. The first-order valence-electron chi connectivity index (χ1n) is 8.25. The number of rotatable bonds is 2. The average Bonchev–Trinajstić information content (AvgIpc) is 2.70. The van der Waals surface area contributed by atoms with Crippen LogP contribution >= 0.6 is 0 Å². The number of benzene rings is 1. The van der Waals surface area contributed by atoms with Gasteiger partial charge in [-0.25, -0.2) is 0 Å². The van der Waals surface area contributed by atoms with E-state index in [1.165, 1.54) is 36.9 Å². The molecule has 2 aliphatic heterocycles. The number of hydrogen-bond donors (Lipinski definition) is 0. The maximum absolute atomic E-state index is 8.94. The summed E-state index contributed by atoms with van der Waals surface area (Å²) in [6.45, 7) is 6.79. The Morgan fingerprint density at radius 3 is 2.14 bits per heavy atom. The fourth-order valence-corrected chi connectivity index (χ4v) is 4.14. The van der Waals surface area contributed by atoms with E-state index in [-0.39, 0.29) is 5.41 Å². The molecule has 2 aliphatic rings. The molecule has 2 heteroatoms. The largest absolute Gasteiger partial charge is 0.366 e. The van der Waals surface area contributed by atoms with Crippen molar-refractivity contribution in [3.63, 3.8) is 0 Å². The van der Waals surface area contributed by atoms with E-state index in [0.717, 1.165) is 6.42 Å². The lowest BCUT2D eigenvalue weighted by Crippen LogP contribution is -2.43. The predicted octanol–water partition coefficient (Wildman–Crippen LogP) is 4.65. The Kier molecular flexibility index (Phi) is 3.69. The van der Waals surface area contributed by atoms with Crippen molar-refractivity contribution in [3.05, 3.63) is 29.8 Å². The first-order chi connectivity index (χ1) is 9.99. The van der Waals surface area contributed by atoms with E-state index in [0.29, 0.717) is 18.0 Å². The Labute approximate surface area is 128 Å². The second-order valence-corrected chi connectivity index (χ2v) is 7.79. The van der Waals surface area contributed by atoms with Crippen molar-refractivity contribution < 1.29 is 0 Å². The zero-order valence-corrected chi connectivity index (χ0v) is 13.5. The molecule has 2 heterocycles. The van der Waals surface area contributed by atoms with Gasteiger partial charge < -0.3 is 4.90 Å². The molecule has 0 aliphatic carbocycles. The number of nitriles is 1. The molecule has 1 aromatic carbocycles. The summed E-state index contributed by atoms with van der Waals surface area (Å²) in [5.41, 5.74) is 3.00. The Morgan fingerprint density at radius 2 is 1.67 bits per heavy atom. The molecule has 0 spiro atoms. The molecule has 0 N–H and O–H groups in total. The van der Waals surface area contributed by atoms with E-state index in [4.69, 9.17) is 5.26 Å². The summed E-state index contributed by atoms with van der Waals surface area (Å²) in [5, 5.41) is 8.94. The van der Waals surface area contributed by atoms with E-state index >= 15 is 0 Å². The smallest absolute Gasteiger partial charge is 0.0624 e. The van der Waals surface area contributed by atoms with Gasteiger partial charge in [-0.2, -0.15) is 5.26 Å². The number of anilines is 1. The number of hydrogen-bond acceptors (Lipinski definition) is 2. The molecule has 2 nitrogen and oxygen atoms in total. The normalized spacial score (nSPS) is 28.5. The molecule has 2 fully saturated rings. The number of piperidine rings is 1. The van der Waals surface area contributed by atoms with Crippen molar-refractivity contribution in [2.75, 3.05) is 4.90 Å². The Hall–Kier alpha value is -1.49. The minimum atomic E-state index is 0.220. The van der Waals surface area contributed by atoms with Gasteiger partial charge in [-0.1, -0.05) is 32.9 Å². The molecule has 21 heavy (non-hydrogen) atoms. The van der Waals surface area contributed by atoms with E-state index in [1.54, 1.807) is 0 Å². The second kappa shape index (κ2) is 5.37. The van der Waals surface area contributed by atoms with Gasteiger partial charge in [0, 0.05) is 24.2 Å². The van der Waals surface area contributed by atoms with E-state index < -0.39 is 0 Å². The molecule has 0 amide bonds. The third-order valence-electron chi connectivity index (χ3n) is 5.24. The fourth-order valence-electron chi connectivity index (χ4n) is 4.14. The zero-order valence-electron chi connectivity index (χ0n) is 13.5. The van der Waals surface area contributed by atoms with Crippen LogP contribution in [0.15, 0.2) is 24.3 Å². The van der Waals surface area contributed by atoms with E-state index in [9.17, 15) is 0 Å². The molecule has 0 saturated carbocycles. The lowest BCUT2D eigenvalue weighted by atomic mass is 9.86. The maximum atomic E-state index is 8.94. The van der Waals surface area contributed by atoms with Gasteiger partial charge in [0.05, 0.1) is 6.07 Å². The van der Waals surface area contributed by atoms with Crippen molar-refractivity contribution in [1.82, 2.24) is 0 Å². The van der Waals surface area contributed by atoms with Crippen LogP contribution in [0.2, 0.25) is 0 Å². The van der Waals surface area contributed by atoms with Gasteiger partial charge in [-0.3, -0.25) is 0 Å². The summed E-state index contributed by atoms with van der Waals surface area (Å²) in [6, 6.07) is 12.9. The van der Waals surface area contributed by atoms with Crippen LogP contribution in [-0.2, 0) is 5.41 Å². The van der Waals surface area contributed by atoms with Gasteiger partial charge in [-0.15, -0.1) is 0 Å². The summed E-state index contributed by atoms with van der Waals surface area (Å²) in [6.07, 6.45) is 5.74. The first kappa shape index (κ1) is 14.4. The van der Waals surface area contributed by atoms with Crippen LogP contribution in [0.25, 0.3) is 0 Å². The summed E-state index contributed by atoms with van der Waals surface area (Å²) < 4.78 is 0. The molecule has 2 bridgehead atoms. The summed E-state index contributed by atoms with van der Waals surface area (Å²) >= 11 is 0. The zero-order chi connectivity index (χ0) is 15.0. The summed E-state index contributed by atoms with van der Waals surface area (Å²) in [4.78, 5) is 2.64. The van der Waals surface area contributed by atoms with Gasteiger partial charge in [0.25, 0.3) is 0 Å². The molecule has 3 rings (SSSR count). The SMILES string of the molecule is CC(C)(C)c1ccc(N2C3CCC2CC(CC#N)C3)cc1. The van der Waals surface area contributed by atoms with Gasteiger partial charge in [-0.05, 0) is 54.7 Å². The van der Waals surface area contributed by atoms with Crippen LogP contribution in [0.3, 0.4) is 0 Å². The number of nitrogens with zero attached hydrogens (tertiary/aromatic N) is 2. The van der Waals surface area contributed by atoms with Gasteiger partial charge in [0.2, 0.25) is 0 Å². The van der Waals surface area contributed by atoms with Gasteiger partial charge in [0.1, 0.15) is 0 Å². The Bertz CT molecular complexity index is 518. The monoisotopic (exact) mass is 282 g/mol. The summed E-state index contributed by atoms with van der Waals surface area (Å²) in [5.74, 6) is 0.623. The average molecular weight is 282 g/mol. The van der Waals surface area contributed by atoms with Crippen LogP contribution < -0.4 is 4.90 Å². The van der Waals surface area contributed by atoms with E-state index in [2.05, 4.69) is 56.0 Å². The predicted molar refractivity (Wildman–Crippen MR) is 87.4 cm³/mol. The van der Waals surface area contributed by atoms with Crippen LogP contribution in [0.1, 0.15) is 58.4 Å². The van der Waals surface area contributed by atoms with Crippen LogP contribution in [0.5, 0.6) is 0 Å². The van der Waals surface area contributed by atoms with Crippen LogP contribution in [-0.4, -0.2) is 12.1 Å². The maximum Gasteiger partial charge on any atom is 0.0624 e. The van der Waals surface area contributed by atoms with Gasteiger partial charge in [0.15, 0.2) is 0 Å². The lowest BCUT2D eigenvalue weighted by molar-refractivity contribution is 0.344. The highest BCUT2D eigenvalue weighted by Gasteiger charge is 2.40. The topological polar surface area (TPSA) is 27.0 Å². The highest BCUT2D eigenvalue weighted by atomic mass is 15.2. The lowest BCUT2D eigenvalue weighted by Gasteiger charge is -2.40. The third-order valence-corrected chi connectivity index (χ3v) is 5.24. The van der Waals surface area contributed by atoms with Crippen molar-refractivity contribution in [3.8, 4) is 6.07 Å². The minimum absolute atomic E-state index is 0.220. The molecule has 2 atom stereocenters. The highest BCUT2D eigenvalue weighted by Crippen LogP contribution is 2.42. The minimum Gasteiger partial charge on any atom is -0.366 e. The van der Waals surface area contributed by atoms with Crippen molar-refractivity contribution in [2.24, 2.45) is 5.92 Å². The van der Waals surface area contributed by atoms with Crippen molar-refractivity contribution in [1.29, 1.82) is 5.26 Å². The molecular weight excluding hydrogens is 256 g/mol. The molecule has 2 saturated heterocycles. The molecule has 112 valence electrons. The standard InChI is InChI=1S/C19H26N2/c1-19(2,3)15-4-6-16(7-5-15)21-17-8-9-18(21)13-14(12-17)10-11-20/h4-7,14,17-18H,8-10,12-13H2,1-3H3. The van der Waals surface area contributed by atoms with Crippen molar-refractivity contribution >= 4 is 5.69 Å². The van der Waals surface area contributed by atoms with E-state index in [1.807, 2.05) is 0 Å². The highest BCUT2D eigenvalue weighted by molar-refractivity contribution is 5.52. The first-order valence-corrected chi connectivity index (χ1v) is 8.25. The molecule has 2 unspecified atom stereocenters. The van der Waals surface area contributed by atoms with Crippen LogP contribution in [0.4, 0.5) is 5.69 Å².